The molecule has 0 radical (unpaired) electrons. The van der Waals surface area contributed by atoms with Crippen LogP contribution in [-0.4, -0.2) is 73.5 Å². The SMILES string of the molecule is CCCS(=O)(=O)N1CCN(C(=O)C2CCCN(c3ccnc4ccc(F)cc34)C2)CC1. The molecule has 2 aliphatic heterocycles. The maximum Gasteiger partial charge on any atom is 0.227 e. The van der Waals surface area contributed by atoms with Gasteiger partial charge in [-0.25, -0.2) is 12.8 Å². The van der Waals surface area contributed by atoms with E-state index in [9.17, 15) is 17.6 Å². The molecular weight excluding hydrogens is 419 g/mol. The van der Waals surface area contributed by atoms with Crippen LogP contribution in [0, 0.1) is 11.7 Å². The number of rotatable bonds is 5. The summed E-state index contributed by atoms with van der Waals surface area (Å²) in [5.74, 6) is -0.215. The molecule has 0 N–H and O–H groups in total. The van der Waals surface area contributed by atoms with Gasteiger partial charge in [-0.3, -0.25) is 9.78 Å². The highest BCUT2D eigenvalue weighted by Crippen LogP contribution is 2.30. The summed E-state index contributed by atoms with van der Waals surface area (Å²) in [6, 6.07) is 6.46. The third kappa shape index (κ3) is 4.67. The minimum Gasteiger partial charge on any atom is -0.370 e. The van der Waals surface area contributed by atoms with E-state index in [1.54, 1.807) is 17.2 Å². The molecule has 2 saturated heterocycles. The molecule has 9 heteroatoms. The van der Waals surface area contributed by atoms with E-state index >= 15 is 0 Å². The Kier molecular flexibility index (Phi) is 6.43. The highest BCUT2D eigenvalue weighted by molar-refractivity contribution is 7.89. The van der Waals surface area contributed by atoms with E-state index in [1.807, 2.05) is 13.0 Å². The summed E-state index contributed by atoms with van der Waals surface area (Å²) in [7, 11) is -3.23. The summed E-state index contributed by atoms with van der Waals surface area (Å²) >= 11 is 0. The second-order valence-corrected chi connectivity index (χ2v) is 10.4. The van der Waals surface area contributed by atoms with Gasteiger partial charge in [0.25, 0.3) is 0 Å². The van der Waals surface area contributed by atoms with Gasteiger partial charge < -0.3 is 9.80 Å². The molecule has 0 bridgehead atoms. The van der Waals surface area contributed by atoms with E-state index in [4.69, 9.17) is 0 Å². The lowest BCUT2D eigenvalue weighted by molar-refractivity contribution is -0.137. The number of piperazine rings is 1. The first kappa shape index (κ1) is 22.0. The molecule has 2 aromatic rings. The van der Waals surface area contributed by atoms with Gasteiger partial charge in [-0.05, 0) is 43.5 Å². The van der Waals surface area contributed by atoms with Gasteiger partial charge in [-0.1, -0.05) is 6.92 Å². The Balaban J connectivity index is 1.44. The van der Waals surface area contributed by atoms with E-state index in [2.05, 4.69) is 9.88 Å². The highest BCUT2D eigenvalue weighted by Gasteiger charge is 2.33. The van der Waals surface area contributed by atoms with Crippen molar-refractivity contribution in [2.75, 3.05) is 49.9 Å². The Bertz CT molecular complexity index is 1050. The number of carbonyl (C=O) groups is 1. The third-order valence-corrected chi connectivity index (χ3v) is 8.27. The Labute approximate surface area is 182 Å². The fourth-order valence-electron chi connectivity index (χ4n) is 4.61. The average Bonchev–Trinajstić information content (AvgIpc) is 2.78. The van der Waals surface area contributed by atoms with E-state index in [0.717, 1.165) is 36.0 Å². The molecule has 1 aromatic heterocycles. The summed E-state index contributed by atoms with van der Waals surface area (Å²) in [5, 5.41) is 0.755. The standard InChI is InChI=1S/C22H29FN4O3S/c1-2-14-31(29,30)27-12-10-25(11-13-27)22(28)17-4-3-9-26(16-17)21-7-8-24-20-6-5-18(23)15-19(20)21/h5-8,15,17H,2-4,9-14,16H2,1H3. The summed E-state index contributed by atoms with van der Waals surface area (Å²) in [5.41, 5.74) is 1.63. The van der Waals surface area contributed by atoms with Crippen molar-refractivity contribution in [3.05, 3.63) is 36.3 Å². The molecule has 0 aliphatic carbocycles. The highest BCUT2D eigenvalue weighted by atomic mass is 32.2. The van der Waals surface area contributed by atoms with E-state index in [-0.39, 0.29) is 23.4 Å². The molecule has 4 rings (SSSR count). The van der Waals surface area contributed by atoms with Crippen molar-refractivity contribution in [2.45, 2.75) is 26.2 Å². The Hall–Kier alpha value is -2.26. The van der Waals surface area contributed by atoms with Crippen molar-refractivity contribution in [3.8, 4) is 0 Å². The molecule has 168 valence electrons. The molecule has 1 atom stereocenters. The van der Waals surface area contributed by atoms with Crippen molar-refractivity contribution in [3.63, 3.8) is 0 Å². The van der Waals surface area contributed by atoms with Gasteiger partial charge in [0.05, 0.1) is 17.2 Å². The fourth-order valence-corrected chi connectivity index (χ4v) is 6.10. The predicted octanol–water partition coefficient (Wildman–Crippen LogP) is 2.47. The van der Waals surface area contributed by atoms with Crippen LogP contribution in [0.15, 0.2) is 30.5 Å². The number of fused-ring (bicyclic) bond motifs is 1. The number of benzene rings is 1. The first-order chi connectivity index (χ1) is 14.9. The number of halogens is 1. The van der Waals surface area contributed by atoms with Crippen LogP contribution in [0.25, 0.3) is 10.9 Å². The molecular formula is C22H29FN4O3S. The van der Waals surface area contributed by atoms with Gasteiger partial charge in [0.15, 0.2) is 0 Å². The number of carbonyl (C=O) groups excluding carboxylic acids is 1. The van der Waals surface area contributed by atoms with E-state index in [1.165, 1.54) is 16.4 Å². The van der Waals surface area contributed by atoms with Crippen molar-refractivity contribution in [1.82, 2.24) is 14.2 Å². The average molecular weight is 449 g/mol. The number of piperidine rings is 1. The Morgan fingerprint density at radius 3 is 2.68 bits per heavy atom. The molecule has 1 aromatic carbocycles. The van der Waals surface area contributed by atoms with E-state index < -0.39 is 10.0 Å². The molecule has 0 saturated carbocycles. The van der Waals surface area contributed by atoms with Gasteiger partial charge in [0, 0.05) is 56.5 Å². The van der Waals surface area contributed by atoms with Crippen molar-refractivity contribution in [1.29, 1.82) is 0 Å². The maximum atomic E-state index is 13.8. The van der Waals surface area contributed by atoms with Crippen molar-refractivity contribution >= 4 is 32.5 Å². The fraction of sp³-hybridized carbons (Fsp3) is 0.545. The van der Waals surface area contributed by atoms with Gasteiger partial charge in [-0.15, -0.1) is 0 Å². The lowest BCUT2D eigenvalue weighted by atomic mass is 9.95. The second kappa shape index (κ2) is 9.08. The van der Waals surface area contributed by atoms with Gasteiger partial charge >= 0.3 is 0 Å². The zero-order valence-corrected chi connectivity index (χ0v) is 18.7. The van der Waals surface area contributed by atoms with Crippen LogP contribution in [0.3, 0.4) is 0 Å². The monoisotopic (exact) mass is 448 g/mol. The maximum absolute atomic E-state index is 13.8. The minimum atomic E-state index is -3.23. The lowest BCUT2D eigenvalue weighted by Gasteiger charge is -2.39. The number of nitrogens with zero attached hydrogens (tertiary/aromatic N) is 4. The van der Waals surface area contributed by atoms with Crippen molar-refractivity contribution < 1.29 is 17.6 Å². The molecule has 0 spiro atoms. The number of pyridine rings is 1. The lowest BCUT2D eigenvalue weighted by Crippen LogP contribution is -2.54. The van der Waals surface area contributed by atoms with Gasteiger partial charge in [0.2, 0.25) is 15.9 Å². The number of hydrogen-bond acceptors (Lipinski definition) is 5. The van der Waals surface area contributed by atoms with Crippen LogP contribution >= 0.6 is 0 Å². The molecule has 2 aliphatic rings. The van der Waals surface area contributed by atoms with E-state index in [0.29, 0.717) is 39.1 Å². The van der Waals surface area contributed by atoms with Crippen LogP contribution in [0.2, 0.25) is 0 Å². The minimum absolute atomic E-state index is 0.0850. The molecule has 1 unspecified atom stereocenters. The third-order valence-electron chi connectivity index (χ3n) is 6.20. The Morgan fingerprint density at radius 2 is 1.94 bits per heavy atom. The summed E-state index contributed by atoms with van der Waals surface area (Å²) in [6.45, 7) is 4.82. The Morgan fingerprint density at radius 1 is 1.16 bits per heavy atom. The number of hydrogen-bond donors (Lipinski definition) is 0. The molecule has 3 heterocycles. The first-order valence-corrected chi connectivity index (χ1v) is 12.6. The molecule has 31 heavy (non-hydrogen) atoms. The number of aromatic nitrogens is 1. The van der Waals surface area contributed by atoms with Crippen molar-refractivity contribution in [2.24, 2.45) is 5.92 Å². The summed E-state index contributed by atoms with van der Waals surface area (Å²) in [4.78, 5) is 21.5. The summed E-state index contributed by atoms with van der Waals surface area (Å²) < 4.78 is 39.9. The molecule has 7 nitrogen and oxygen atoms in total. The van der Waals surface area contributed by atoms with Gasteiger partial charge in [0.1, 0.15) is 5.82 Å². The van der Waals surface area contributed by atoms with Crippen LogP contribution in [-0.2, 0) is 14.8 Å². The molecule has 2 fully saturated rings. The number of sulfonamides is 1. The van der Waals surface area contributed by atoms with Crippen LogP contribution in [0.1, 0.15) is 26.2 Å². The first-order valence-electron chi connectivity index (χ1n) is 10.9. The van der Waals surface area contributed by atoms with Gasteiger partial charge in [-0.2, -0.15) is 4.31 Å². The molecule has 1 amide bonds. The zero-order valence-electron chi connectivity index (χ0n) is 17.8. The largest absolute Gasteiger partial charge is 0.370 e. The summed E-state index contributed by atoms with van der Waals surface area (Å²) in [6.07, 6.45) is 3.99. The quantitative estimate of drug-likeness (QED) is 0.703. The topological polar surface area (TPSA) is 73.8 Å². The van der Waals surface area contributed by atoms with Crippen LogP contribution < -0.4 is 4.90 Å². The number of amides is 1. The smallest absolute Gasteiger partial charge is 0.227 e. The zero-order chi connectivity index (χ0) is 22.0. The van der Waals surface area contributed by atoms with Crippen LogP contribution in [0.4, 0.5) is 10.1 Å². The number of anilines is 1. The van der Waals surface area contributed by atoms with Crippen LogP contribution in [0.5, 0.6) is 0 Å². The normalized spacial score (nSPS) is 20.9. The predicted molar refractivity (Wildman–Crippen MR) is 119 cm³/mol. The second-order valence-electron chi connectivity index (χ2n) is 8.32.